The number of halogens is 1. The van der Waals surface area contributed by atoms with E-state index in [4.69, 9.17) is 30.2 Å². The number of ether oxygens (including phenoxy) is 3. The van der Waals surface area contributed by atoms with Crippen molar-refractivity contribution in [3.63, 3.8) is 0 Å². The number of hydrogen-bond acceptors (Lipinski definition) is 12. The summed E-state index contributed by atoms with van der Waals surface area (Å²) < 4.78 is 82.9. The average Bonchev–Trinajstić information content (AvgIpc) is 4.05. The third-order valence-electron chi connectivity index (χ3n) is 13.1. The van der Waals surface area contributed by atoms with Gasteiger partial charge in [-0.05, 0) is 129 Å². The van der Waals surface area contributed by atoms with Gasteiger partial charge in [0.1, 0.15) is 17.9 Å². The number of furan rings is 1. The van der Waals surface area contributed by atoms with Crippen molar-refractivity contribution < 1.29 is 49.8 Å². The van der Waals surface area contributed by atoms with Crippen LogP contribution in [0.3, 0.4) is 0 Å². The van der Waals surface area contributed by atoms with Gasteiger partial charge in [0, 0.05) is 60.2 Å². The van der Waals surface area contributed by atoms with E-state index >= 15 is 0 Å². The van der Waals surface area contributed by atoms with E-state index in [1.165, 1.54) is 28.6 Å². The number of piperidine rings is 2. The lowest BCUT2D eigenvalue weighted by Gasteiger charge is -2.30. The van der Waals surface area contributed by atoms with E-state index in [0.717, 1.165) is 68.1 Å². The lowest BCUT2D eigenvalue weighted by atomic mass is 9.90. The highest BCUT2D eigenvalue weighted by atomic mass is 35.5. The number of imide groups is 1. The number of amides is 3. The lowest BCUT2D eigenvalue weighted by molar-refractivity contribution is -0.134. The monoisotopic (exact) mass is 1020 g/mol. The van der Waals surface area contributed by atoms with Gasteiger partial charge in [-0.3, -0.25) is 19.7 Å². The molecule has 3 heterocycles. The highest BCUT2D eigenvalue weighted by Crippen LogP contribution is 2.35. The third kappa shape index (κ3) is 13.0. The largest absolute Gasteiger partial charge is 0.491 e. The van der Waals surface area contributed by atoms with E-state index in [0.29, 0.717) is 60.3 Å². The van der Waals surface area contributed by atoms with Gasteiger partial charge in [-0.2, -0.15) is 8.61 Å². The summed E-state index contributed by atoms with van der Waals surface area (Å²) in [7, 11) is -8.03. The molecular weight excluding hydrogens is 958 g/mol. The van der Waals surface area contributed by atoms with E-state index in [9.17, 15) is 31.2 Å². The molecule has 4 aromatic carbocycles. The van der Waals surface area contributed by atoms with Gasteiger partial charge in [0.25, 0.3) is 5.91 Å². The number of nitrogens with zero attached hydrogens (tertiary/aromatic N) is 2. The first-order valence-corrected chi connectivity index (χ1v) is 27.2. The van der Waals surface area contributed by atoms with Crippen LogP contribution in [0, 0.1) is 5.92 Å². The number of rotatable bonds is 23. The molecule has 2 saturated heterocycles. The van der Waals surface area contributed by atoms with Crippen LogP contribution in [0.5, 0.6) is 5.75 Å². The van der Waals surface area contributed by atoms with E-state index in [1.54, 1.807) is 59.1 Å². The predicted molar refractivity (Wildman–Crippen MR) is 263 cm³/mol. The van der Waals surface area contributed by atoms with Crippen molar-refractivity contribution >= 4 is 60.3 Å². The molecule has 19 heteroatoms. The average molecular weight is 1020 g/mol. The molecule has 0 radical (unpaired) electrons. The minimum atomic E-state index is -4.06. The van der Waals surface area contributed by atoms with Crippen LogP contribution in [0.25, 0.3) is 11.0 Å². The van der Waals surface area contributed by atoms with Crippen LogP contribution in [0.2, 0.25) is 5.02 Å². The highest BCUT2D eigenvalue weighted by molar-refractivity contribution is 7.89. The highest BCUT2D eigenvalue weighted by Gasteiger charge is 2.35. The summed E-state index contributed by atoms with van der Waals surface area (Å²) in [6.45, 7) is 3.90. The molecule has 374 valence electrons. The summed E-state index contributed by atoms with van der Waals surface area (Å²) in [6.07, 6.45) is 7.31. The standard InChI is InChI=1S/C51H60ClN5O11S2/c52-40-11-7-37(8-12-40)34-57(41-3-1-2-4-41)70(63,64)44-16-14-43(15-17-44)69(61,62)56(33-38-21-23-53-24-22-38)32-36-5-9-39(10-6-36)50(59)54-25-26-65-27-28-66-29-30-67-42-13-19-48-46(31-42)47(35-68-48)45-18-20-49(58)55-51(45)60/h5-17,19,31,35,38,41,45,53H,1-4,18,20-30,32-34H2,(H,54,59)(H,55,58,60). The Bertz CT molecular complexity index is 2800. The maximum atomic E-state index is 14.4. The second kappa shape index (κ2) is 23.8. The van der Waals surface area contributed by atoms with E-state index in [-0.39, 0.29) is 78.7 Å². The van der Waals surface area contributed by atoms with E-state index in [2.05, 4.69) is 16.0 Å². The first-order valence-electron chi connectivity index (χ1n) is 23.9. The van der Waals surface area contributed by atoms with Gasteiger partial charge in [-0.1, -0.05) is 48.7 Å². The first-order chi connectivity index (χ1) is 33.8. The molecule has 3 aliphatic rings. The Morgan fingerprint density at radius 3 is 2.09 bits per heavy atom. The molecule has 70 heavy (non-hydrogen) atoms. The van der Waals surface area contributed by atoms with Crippen molar-refractivity contribution in [3.05, 3.63) is 125 Å². The van der Waals surface area contributed by atoms with Crippen molar-refractivity contribution in [2.24, 2.45) is 5.92 Å². The molecule has 1 aromatic heterocycles. The fourth-order valence-electron chi connectivity index (χ4n) is 9.26. The van der Waals surface area contributed by atoms with Crippen molar-refractivity contribution in [2.75, 3.05) is 59.2 Å². The van der Waals surface area contributed by atoms with Gasteiger partial charge >= 0.3 is 0 Å². The van der Waals surface area contributed by atoms with Crippen molar-refractivity contribution in [2.45, 2.75) is 86.2 Å². The van der Waals surface area contributed by atoms with Crippen LogP contribution in [-0.4, -0.2) is 108 Å². The normalized spacial score (nSPS) is 17.4. The Morgan fingerprint density at radius 2 is 1.39 bits per heavy atom. The maximum Gasteiger partial charge on any atom is 0.251 e. The predicted octanol–water partition coefficient (Wildman–Crippen LogP) is 6.77. The number of fused-ring (bicyclic) bond motifs is 1. The van der Waals surface area contributed by atoms with Gasteiger partial charge in [-0.25, -0.2) is 16.8 Å². The molecule has 0 bridgehead atoms. The van der Waals surface area contributed by atoms with E-state index in [1.807, 2.05) is 18.2 Å². The molecule has 1 aliphatic carbocycles. The van der Waals surface area contributed by atoms with Crippen LogP contribution >= 0.6 is 11.6 Å². The SMILES string of the molecule is O=C1CCC(c2coc3ccc(OCCOCCOCCNC(=O)c4ccc(CN(CC5CCNCC5)S(=O)(=O)c5ccc(S(=O)(=O)N(Cc6ccc(Cl)cc6)C6CCCC6)cc5)cc4)cc23)C(=O)N1. The molecule has 1 unspecified atom stereocenters. The zero-order chi connectivity index (χ0) is 49.1. The smallest absolute Gasteiger partial charge is 0.251 e. The summed E-state index contributed by atoms with van der Waals surface area (Å²) in [4.78, 5) is 37.1. The van der Waals surface area contributed by atoms with Gasteiger partial charge in [0.05, 0.1) is 48.4 Å². The van der Waals surface area contributed by atoms with Gasteiger partial charge < -0.3 is 29.3 Å². The quantitative estimate of drug-likeness (QED) is 0.0459. The fraction of sp³-hybridized carbons (Fsp3) is 0.431. The minimum Gasteiger partial charge on any atom is -0.491 e. The summed E-state index contributed by atoms with van der Waals surface area (Å²) >= 11 is 6.10. The Morgan fingerprint density at radius 1 is 0.743 bits per heavy atom. The molecule has 8 rings (SSSR count). The summed E-state index contributed by atoms with van der Waals surface area (Å²) in [5.41, 5.74) is 3.28. The van der Waals surface area contributed by atoms with Gasteiger partial charge in [0.15, 0.2) is 0 Å². The molecule has 0 spiro atoms. The van der Waals surface area contributed by atoms with Crippen LogP contribution < -0.4 is 20.7 Å². The number of nitrogens with one attached hydrogen (secondary N) is 3. The second-order valence-corrected chi connectivity index (χ2v) is 22.2. The topological polar surface area (TPSA) is 203 Å². The molecular formula is C51H60ClN5O11S2. The zero-order valence-electron chi connectivity index (χ0n) is 39.0. The fourth-order valence-corrected chi connectivity index (χ4v) is 12.6. The summed E-state index contributed by atoms with van der Waals surface area (Å²) in [6, 6.07) is 24.8. The molecule has 5 aromatic rings. The summed E-state index contributed by atoms with van der Waals surface area (Å²) in [5, 5.41) is 9.90. The van der Waals surface area contributed by atoms with Gasteiger partial charge in [-0.15, -0.1) is 0 Å². The number of sulfonamides is 2. The molecule has 1 saturated carbocycles. The molecule has 3 fully saturated rings. The lowest BCUT2D eigenvalue weighted by Crippen LogP contribution is -2.39. The Balaban J connectivity index is 0.792. The first kappa shape index (κ1) is 51.2. The second-order valence-electron chi connectivity index (χ2n) is 18.0. The van der Waals surface area contributed by atoms with Crippen molar-refractivity contribution in [1.29, 1.82) is 0 Å². The molecule has 16 nitrogen and oxygen atoms in total. The summed E-state index contributed by atoms with van der Waals surface area (Å²) in [5.74, 6) is -0.634. The van der Waals surface area contributed by atoms with Crippen LogP contribution in [0.1, 0.15) is 84.3 Å². The molecule has 3 amide bonds. The van der Waals surface area contributed by atoms with Crippen LogP contribution in [-0.2, 0) is 52.2 Å². The number of hydrogen-bond donors (Lipinski definition) is 3. The van der Waals surface area contributed by atoms with Crippen LogP contribution in [0.4, 0.5) is 0 Å². The molecule has 3 N–H and O–H groups in total. The van der Waals surface area contributed by atoms with Crippen molar-refractivity contribution in [3.8, 4) is 5.75 Å². The number of benzene rings is 4. The minimum absolute atomic E-state index is 0.00805. The molecule has 2 aliphatic heterocycles. The maximum absolute atomic E-state index is 14.4. The van der Waals surface area contributed by atoms with Gasteiger partial charge in [0.2, 0.25) is 31.9 Å². The number of carbonyl (C=O) groups is 3. The Hall–Kier alpha value is -5.18. The van der Waals surface area contributed by atoms with Crippen LogP contribution in [0.15, 0.2) is 111 Å². The Labute approximate surface area is 414 Å². The zero-order valence-corrected chi connectivity index (χ0v) is 41.4. The molecule has 1 atom stereocenters. The number of carbonyl (C=O) groups excluding carboxylic acids is 3. The third-order valence-corrected chi connectivity index (χ3v) is 17.1. The van der Waals surface area contributed by atoms with Crippen molar-refractivity contribution in [1.82, 2.24) is 24.6 Å². The Kier molecular flexibility index (Phi) is 17.4. The van der Waals surface area contributed by atoms with E-state index < -0.39 is 26.0 Å².